The van der Waals surface area contributed by atoms with Crippen molar-refractivity contribution in [2.24, 2.45) is 0 Å². The van der Waals surface area contributed by atoms with E-state index >= 15 is 0 Å². The van der Waals surface area contributed by atoms with Crippen molar-refractivity contribution in [2.75, 3.05) is 5.73 Å². The summed E-state index contributed by atoms with van der Waals surface area (Å²) in [6.45, 7) is 4.28. The van der Waals surface area contributed by atoms with Crippen LogP contribution in [-0.2, 0) is 0 Å². The van der Waals surface area contributed by atoms with Crippen LogP contribution in [-0.4, -0.2) is 25.1 Å². The highest BCUT2D eigenvalue weighted by atomic mass is 32.1. The monoisotopic (exact) mass is 352 g/mol. The van der Waals surface area contributed by atoms with E-state index in [-0.39, 0.29) is 5.89 Å². The molecule has 0 radical (unpaired) electrons. The molecule has 4 rings (SSSR count). The molecule has 8 heteroatoms. The Morgan fingerprint density at radius 3 is 2.84 bits per heavy atom. The number of nitrogens with two attached hydrogens (primary N) is 1. The van der Waals surface area contributed by atoms with Gasteiger partial charge in [-0.2, -0.15) is 9.67 Å². The molecule has 0 spiro atoms. The van der Waals surface area contributed by atoms with E-state index in [0.29, 0.717) is 23.3 Å². The first-order valence-corrected chi connectivity index (χ1v) is 8.71. The fourth-order valence-corrected chi connectivity index (χ4v) is 3.12. The lowest BCUT2D eigenvalue weighted by atomic mass is 10.0. The normalized spacial score (nSPS) is 11.3. The Labute approximate surface area is 148 Å². The third-order valence-corrected chi connectivity index (χ3v) is 4.72. The van der Waals surface area contributed by atoms with Crippen LogP contribution in [0.3, 0.4) is 0 Å². The number of nitrogens with zero attached hydrogens (tertiary/aromatic N) is 5. The number of aromatic nitrogens is 5. The Balaban J connectivity index is 1.71. The van der Waals surface area contributed by atoms with Crippen molar-refractivity contribution in [3.63, 3.8) is 0 Å². The number of rotatable bonds is 4. The number of thiophene rings is 1. The molecule has 0 fully saturated rings. The van der Waals surface area contributed by atoms with E-state index in [2.05, 4.69) is 40.4 Å². The van der Waals surface area contributed by atoms with Crippen molar-refractivity contribution >= 4 is 17.2 Å². The first-order valence-electron chi connectivity index (χ1n) is 7.83. The van der Waals surface area contributed by atoms with Gasteiger partial charge < -0.3 is 10.3 Å². The minimum Gasteiger partial charge on any atom is -0.382 e. The molecule has 2 N–H and O–H groups in total. The Morgan fingerprint density at radius 1 is 1.20 bits per heavy atom. The first-order chi connectivity index (χ1) is 12.1. The van der Waals surface area contributed by atoms with E-state index in [1.165, 1.54) is 16.9 Å². The molecule has 7 nitrogen and oxygen atoms in total. The zero-order chi connectivity index (χ0) is 17.4. The van der Waals surface area contributed by atoms with Crippen LogP contribution in [0, 0.1) is 0 Å². The number of benzene rings is 1. The zero-order valence-electron chi connectivity index (χ0n) is 13.7. The van der Waals surface area contributed by atoms with Crippen molar-refractivity contribution in [3.05, 3.63) is 47.3 Å². The van der Waals surface area contributed by atoms with E-state index in [1.54, 1.807) is 4.68 Å². The summed E-state index contributed by atoms with van der Waals surface area (Å²) >= 11 is 1.54. The van der Waals surface area contributed by atoms with Crippen molar-refractivity contribution in [2.45, 2.75) is 19.8 Å². The van der Waals surface area contributed by atoms with Gasteiger partial charge in [-0.15, -0.1) is 16.4 Å². The molecule has 0 saturated heterocycles. The maximum atomic E-state index is 6.23. The summed E-state index contributed by atoms with van der Waals surface area (Å²) in [5.74, 6) is 1.55. The predicted molar refractivity (Wildman–Crippen MR) is 96.5 cm³/mol. The second kappa shape index (κ2) is 6.14. The Morgan fingerprint density at radius 2 is 2.08 bits per heavy atom. The molecule has 25 heavy (non-hydrogen) atoms. The standard InChI is InChI=1S/C17H16N6OS/c1-10(2)11-5-3-6-12(9-11)23-15(18)14(20-22-23)17-19-16(21-24-17)13-7-4-8-25-13/h3-10H,18H2,1-2H3. The van der Waals surface area contributed by atoms with Gasteiger partial charge in [-0.1, -0.05) is 42.4 Å². The lowest BCUT2D eigenvalue weighted by Crippen LogP contribution is -2.03. The van der Waals surface area contributed by atoms with Gasteiger partial charge in [-0.05, 0) is 35.1 Å². The molecule has 0 unspecified atom stereocenters. The summed E-state index contributed by atoms with van der Waals surface area (Å²) in [5.41, 5.74) is 8.66. The van der Waals surface area contributed by atoms with Crippen molar-refractivity contribution in [1.82, 2.24) is 25.1 Å². The smallest absolute Gasteiger partial charge is 0.282 e. The number of anilines is 1. The van der Waals surface area contributed by atoms with E-state index in [0.717, 1.165) is 10.6 Å². The molecule has 1 aromatic carbocycles. The van der Waals surface area contributed by atoms with Crippen LogP contribution in [0.5, 0.6) is 0 Å². The summed E-state index contributed by atoms with van der Waals surface area (Å²) < 4.78 is 6.90. The van der Waals surface area contributed by atoms with Crippen LogP contribution in [0.1, 0.15) is 25.3 Å². The third kappa shape index (κ3) is 2.80. The molecular formula is C17H16N6OS. The molecule has 0 amide bonds. The van der Waals surface area contributed by atoms with Crippen LogP contribution in [0.25, 0.3) is 28.0 Å². The quantitative estimate of drug-likeness (QED) is 0.601. The minimum atomic E-state index is 0.257. The highest BCUT2D eigenvalue weighted by molar-refractivity contribution is 7.13. The molecule has 3 heterocycles. The largest absolute Gasteiger partial charge is 0.382 e. The lowest BCUT2D eigenvalue weighted by Gasteiger charge is -2.08. The summed E-state index contributed by atoms with van der Waals surface area (Å²) in [7, 11) is 0. The van der Waals surface area contributed by atoms with Gasteiger partial charge in [0, 0.05) is 0 Å². The summed E-state index contributed by atoms with van der Waals surface area (Å²) in [6, 6.07) is 11.9. The maximum absolute atomic E-state index is 6.23. The van der Waals surface area contributed by atoms with Gasteiger partial charge >= 0.3 is 0 Å². The molecule has 0 aliphatic carbocycles. The van der Waals surface area contributed by atoms with Crippen LogP contribution in [0.2, 0.25) is 0 Å². The van der Waals surface area contributed by atoms with Gasteiger partial charge in [0.1, 0.15) is 0 Å². The topological polar surface area (TPSA) is 95.6 Å². The van der Waals surface area contributed by atoms with Crippen LogP contribution < -0.4 is 5.73 Å². The minimum absolute atomic E-state index is 0.257. The van der Waals surface area contributed by atoms with Gasteiger partial charge in [0.05, 0.1) is 10.6 Å². The Kier molecular flexibility index (Phi) is 3.81. The SMILES string of the molecule is CC(C)c1cccc(-n2nnc(-c3nc(-c4cccs4)no3)c2N)c1. The predicted octanol–water partition coefficient (Wildman–Crippen LogP) is 3.75. The molecule has 0 saturated carbocycles. The van der Waals surface area contributed by atoms with E-state index < -0.39 is 0 Å². The molecule has 4 aromatic rings. The second-order valence-corrected chi connectivity index (χ2v) is 6.83. The van der Waals surface area contributed by atoms with Gasteiger partial charge in [0.2, 0.25) is 5.82 Å². The molecule has 0 bridgehead atoms. The van der Waals surface area contributed by atoms with Crippen molar-refractivity contribution in [3.8, 4) is 28.0 Å². The molecule has 3 aromatic heterocycles. The van der Waals surface area contributed by atoms with Gasteiger partial charge in [0.15, 0.2) is 11.5 Å². The van der Waals surface area contributed by atoms with Crippen molar-refractivity contribution in [1.29, 1.82) is 0 Å². The van der Waals surface area contributed by atoms with Crippen LogP contribution >= 0.6 is 11.3 Å². The van der Waals surface area contributed by atoms with Gasteiger partial charge in [0.25, 0.3) is 5.89 Å². The Bertz CT molecular complexity index is 1000. The molecule has 126 valence electrons. The average Bonchev–Trinajstić information content (AvgIpc) is 3.35. The molecule has 0 atom stereocenters. The van der Waals surface area contributed by atoms with Crippen LogP contribution in [0.4, 0.5) is 5.82 Å². The fraction of sp³-hybridized carbons (Fsp3) is 0.176. The average molecular weight is 352 g/mol. The fourth-order valence-electron chi connectivity index (χ4n) is 2.47. The van der Waals surface area contributed by atoms with E-state index in [4.69, 9.17) is 10.3 Å². The molecular weight excluding hydrogens is 336 g/mol. The summed E-state index contributed by atoms with van der Waals surface area (Å²) in [6.07, 6.45) is 0. The van der Waals surface area contributed by atoms with Gasteiger partial charge in [-0.25, -0.2) is 0 Å². The third-order valence-electron chi connectivity index (χ3n) is 3.86. The maximum Gasteiger partial charge on any atom is 0.282 e. The first kappa shape index (κ1) is 15.5. The van der Waals surface area contributed by atoms with Gasteiger partial charge in [-0.3, -0.25) is 0 Å². The summed E-state index contributed by atoms with van der Waals surface area (Å²) in [5, 5.41) is 14.2. The molecule has 0 aliphatic rings. The second-order valence-electron chi connectivity index (χ2n) is 5.89. The van der Waals surface area contributed by atoms with Crippen molar-refractivity contribution < 1.29 is 4.52 Å². The van der Waals surface area contributed by atoms with E-state index in [9.17, 15) is 0 Å². The number of hydrogen-bond acceptors (Lipinski definition) is 7. The Hall–Kier alpha value is -3.00. The molecule has 0 aliphatic heterocycles. The lowest BCUT2D eigenvalue weighted by molar-refractivity contribution is 0.431. The van der Waals surface area contributed by atoms with E-state index in [1.807, 2.05) is 35.7 Å². The summed E-state index contributed by atoms with van der Waals surface area (Å²) in [4.78, 5) is 5.30. The zero-order valence-corrected chi connectivity index (χ0v) is 14.6. The number of hydrogen-bond donors (Lipinski definition) is 1. The van der Waals surface area contributed by atoms with Crippen LogP contribution in [0.15, 0.2) is 46.3 Å². The number of nitrogen functional groups attached to an aromatic ring is 1. The highest BCUT2D eigenvalue weighted by Gasteiger charge is 2.20. The highest BCUT2D eigenvalue weighted by Crippen LogP contribution is 2.28.